The van der Waals surface area contributed by atoms with Crippen LogP contribution < -0.4 is 9.47 Å². The molecule has 9 nitrogen and oxygen atoms in total. The summed E-state index contributed by atoms with van der Waals surface area (Å²) >= 11 is 0. The first kappa shape index (κ1) is 22.8. The average molecular weight is 473 g/mol. The molecule has 0 bridgehead atoms. The first-order valence-corrected chi connectivity index (χ1v) is 11.5. The van der Waals surface area contributed by atoms with Crippen molar-refractivity contribution in [3.8, 4) is 34.0 Å². The van der Waals surface area contributed by atoms with Crippen molar-refractivity contribution in [2.24, 2.45) is 7.05 Å². The number of aryl methyl sites for hydroxylation is 1. The minimum Gasteiger partial charge on any atom is -0.493 e. The topological polar surface area (TPSA) is 85.6 Å². The predicted molar refractivity (Wildman–Crippen MR) is 133 cm³/mol. The molecule has 2 aromatic carbocycles. The Bertz CT molecular complexity index is 1370. The predicted octanol–water partition coefficient (Wildman–Crippen LogP) is 3.84. The molecule has 0 spiro atoms. The summed E-state index contributed by atoms with van der Waals surface area (Å²) in [7, 11) is 5.48. The Hall–Kier alpha value is -3.98. The molecule has 1 atom stereocenters. The van der Waals surface area contributed by atoms with Gasteiger partial charge in [0.15, 0.2) is 11.5 Å². The molecule has 3 heterocycles. The van der Waals surface area contributed by atoms with E-state index in [0.717, 1.165) is 35.3 Å². The molecule has 1 amide bonds. The molecule has 0 N–H and O–H groups in total. The summed E-state index contributed by atoms with van der Waals surface area (Å²) in [5.41, 5.74) is 4.05. The molecule has 0 saturated carbocycles. The van der Waals surface area contributed by atoms with Gasteiger partial charge in [-0.2, -0.15) is 5.10 Å². The molecule has 2 aromatic heterocycles. The van der Waals surface area contributed by atoms with Crippen LogP contribution in [0.3, 0.4) is 0 Å². The van der Waals surface area contributed by atoms with Gasteiger partial charge in [0, 0.05) is 61.5 Å². The monoisotopic (exact) mass is 472 g/mol. The fourth-order valence-corrected chi connectivity index (χ4v) is 4.55. The lowest BCUT2D eigenvalue weighted by Gasteiger charge is -2.37. The van der Waals surface area contributed by atoms with Gasteiger partial charge >= 0.3 is 6.09 Å². The molecular formula is C26H28N6O3. The SMILES string of the molecule is COc1cc2ncnc(-c3cn(C)nc3-c3ccccc3)c2cc1OC(=O)N1CCN(C)CC1C. The third-order valence-electron chi connectivity index (χ3n) is 6.31. The Balaban J connectivity index is 1.57. The zero-order valence-electron chi connectivity index (χ0n) is 20.3. The molecule has 9 heteroatoms. The smallest absolute Gasteiger partial charge is 0.415 e. The number of aromatic nitrogens is 4. The van der Waals surface area contributed by atoms with Crippen LogP contribution in [0.2, 0.25) is 0 Å². The van der Waals surface area contributed by atoms with Gasteiger partial charge in [-0.1, -0.05) is 30.3 Å². The largest absolute Gasteiger partial charge is 0.493 e. The van der Waals surface area contributed by atoms with E-state index in [9.17, 15) is 4.79 Å². The van der Waals surface area contributed by atoms with Gasteiger partial charge in [0.1, 0.15) is 12.0 Å². The maximum Gasteiger partial charge on any atom is 0.415 e. The van der Waals surface area contributed by atoms with E-state index in [-0.39, 0.29) is 6.04 Å². The highest BCUT2D eigenvalue weighted by atomic mass is 16.6. The van der Waals surface area contributed by atoms with Crippen LogP contribution in [0.1, 0.15) is 6.92 Å². The lowest BCUT2D eigenvalue weighted by Crippen LogP contribution is -2.53. The van der Waals surface area contributed by atoms with Gasteiger partial charge in [-0.3, -0.25) is 4.68 Å². The van der Waals surface area contributed by atoms with E-state index in [0.29, 0.717) is 29.3 Å². The molecular weight excluding hydrogens is 444 g/mol. The second-order valence-electron chi connectivity index (χ2n) is 8.85. The molecule has 1 unspecified atom stereocenters. The van der Waals surface area contributed by atoms with E-state index in [2.05, 4.69) is 27.0 Å². The highest BCUT2D eigenvalue weighted by Gasteiger charge is 2.28. The second kappa shape index (κ2) is 9.34. The fraction of sp³-hybridized carbons (Fsp3) is 0.308. The van der Waals surface area contributed by atoms with Crippen molar-refractivity contribution in [2.45, 2.75) is 13.0 Å². The fourth-order valence-electron chi connectivity index (χ4n) is 4.55. The van der Waals surface area contributed by atoms with Crippen molar-refractivity contribution in [1.82, 2.24) is 29.5 Å². The average Bonchev–Trinajstić information content (AvgIpc) is 3.25. The number of hydrogen-bond acceptors (Lipinski definition) is 7. The van der Waals surface area contributed by atoms with Crippen LogP contribution in [-0.2, 0) is 7.05 Å². The number of hydrogen-bond donors (Lipinski definition) is 0. The number of benzene rings is 2. The summed E-state index contributed by atoms with van der Waals surface area (Å²) in [4.78, 5) is 26.1. The molecule has 1 fully saturated rings. The first-order chi connectivity index (χ1) is 16.9. The van der Waals surface area contributed by atoms with E-state index in [1.807, 2.05) is 50.5 Å². The number of nitrogens with zero attached hydrogens (tertiary/aromatic N) is 6. The van der Waals surface area contributed by atoms with Gasteiger partial charge in [-0.05, 0) is 20.0 Å². The van der Waals surface area contributed by atoms with Crippen molar-refractivity contribution in [3.63, 3.8) is 0 Å². The minimum atomic E-state index is -0.395. The van der Waals surface area contributed by atoms with E-state index in [4.69, 9.17) is 9.47 Å². The van der Waals surface area contributed by atoms with Crippen molar-refractivity contribution in [1.29, 1.82) is 0 Å². The summed E-state index contributed by atoms with van der Waals surface area (Å²) in [6.07, 6.45) is 3.07. The lowest BCUT2D eigenvalue weighted by molar-refractivity contribution is 0.0886. The summed E-state index contributed by atoms with van der Waals surface area (Å²) in [6.45, 7) is 4.23. The molecule has 0 radical (unpaired) electrons. The number of piperazine rings is 1. The molecule has 1 aliphatic rings. The highest BCUT2D eigenvalue weighted by molar-refractivity contribution is 5.97. The Morgan fingerprint density at radius 3 is 2.57 bits per heavy atom. The molecule has 1 aliphatic heterocycles. The van der Waals surface area contributed by atoms with Crippen molar-refractivity contribution in [3.05, 3.63) is 55.0 Å². The Kier molecular flexibility index (Phi) is 6.08. The Labute approximate surface area is 203 Å². The van der Waals surface area contributed by atoms with Crippen LogP contribution in [-0.4, -0.2) is 75.5 Å². The van der Waals surface area contributed by atoms with Crippen LogP contribution in [0, 0.1) is 0 Å². The molecule has 1 saturated heterocycles. The third kappa shape index (κ3) is 4.42. The quantitative estimate of drug-likeness (QED) is 0.446. The van der Waals surface area contributed by atoms with Crippen molar-refractivity contribution >= 4 is 17.0 Å². The molecule has 35 heavy (non-hydrogen) atoms. The highest BCUT2D eigenvalue weighted by Crippen LogP contribution is 2.38. The molecule has 180 valence electrons. The van der Waals surface area contributed by atoms with E-state index >= 15 is 0 Å². The normalized spacial score (nSPS) is 16.5. The molecule has 0 aliphatic carbocycles. The van der Waals surface area contributed by atoms with Gasteiger partial charge in [-0.25, -0.2) is 14.8 Å². The Morgan fingerprint density at radius 2 is 1.83 bits per heavy atom. The van der Waals surface area contributed by atoms with Crippen molar-refractivity contribution < 1.29 is 14.3 Å². The van der Waals surface area contributed by atoms with Gasteiger partial charge < -0.3 is 19.3 Å². The van der Waals surface area contributed by atoms with Gasteiger partial charge in [-0.15, -0.1) is 0 Å². The van der Waals surface area contributed by atoms with Gasteiger partial charge in [0.05, 0.1) is 18.3 Å². The zero-order valence-corrected chi connectivity index (χ0v) is 20.3. The third-order valence-corrected chi connectivity index (χ3v) is 6.31. The van der Waals surface area contributed by atoms with Crippen LogP contribution in [0.25, 0.3) is 33.4 Å². The number of rotatable bonds is 4. The number of likely N-dealkylation sites (N-methyl/N-ethyl adjacent to an activating group) is 1. The van der Waals surface area contributed by atoms with E-state index in [1.54, 1.807) is 28.8 Å². The Morgan fingerprint density at radius 1 is 1.03 bits per heavy atom. The van der Waals surface area contributed by atoms with Crippen LogP contribution in [0.4, 0.5) is 4.79 Å². The maximum atomic E-state index is 13.1. The summed E-state index contributed by atoms with van der Waals surface area (Å²) < 4.78 is 13.2. The van der Waals surface area contributed by atoms with Gasteiger partial charge in [0.25, 0.3) is 0 Å². The summed E-state index contributed by atoms with van der Waals surface area (Å²) in [5, 5.41) is 5.42. The van der Waals surface area contributed by atoms with Crippen molar-refractivity contribution in [2.75, 3.05) is 33.8 Å². The standard InChI is InChI=1S/C26H28N6O3/c1-17-14-30(2)10-11-32(17)26(33)35-23-12-19-21(13-22(23)34-4)27-16-28-25(19)20-15-31(3)29-24(20)18-8-6-5-7-9-18/h5-9,12-13,15-17H,10-11,14H2,1-4H3. The van der Waals surface area contributed by atoms with E-state index in [1.165, 1.54) is 6.33 Å². The van der Waals surface area contributed by atoms with Crippen LogP contribution in [0.15, 0.2) is 55.0 Å². The number of fused-ring (bicyclic) bond motifs is 1. The lowest BCUT2D eigenvalue weighted by atomic mass is 10.0. The van der Waals surface area contributed by atoms with Gasteiger partial charge in [0.2, 0.25) is 0 Å². The number of methoxy groups -OCH3 is 1. The van der Waals surface area contributed by atoms with Crippen LogP contribution in [0.5, 0.6) is 11.5 Å². The minimum absolute atomic E-state index is 0.0513. The maximum absolute atomic E-state index is 13.1. The number of carbonyl (C=O) groups is 1. The van der Waals surface area contributed by atoms with E-state index < -0.39 is 6.09 Å². The molecule has 4 aromatic rings. The number of ether oxygens (including phenoxy) is 2. The number of amides is 1. The summed E-state index contributed by atoms with van der Waals surface area (Å²) in [6, 6.07) is 13.6. The zero-order chi connectivity index (χ0) is 24.5. The molecule has 5 rings (SSSR count). The number of carbonyl (C=O) groups excluding carboxylic acids is 1. The van der Waals surface area contributed by atoms with Crippen LogP contribution >= 0.6 is 0 Å². The second-order valence-corrected chi connectivity index (χ2v) is 8.85. The first-order valence-electron chi connectivity index (χ1n) is 11.5. The summed E-state index contributed by atoms with van der Waals surface area (Å²) in [5.74, 6) is 0.768.